The van der Waals surface area contributed by atoms with Gasteiger partial charge >= 0.3 is 5.69 Å². The Labute approximate surface area is 398 Å². The molecule has 6 aliphatic rings. The highest BCUT2D eigenvalue weighted by Gasteiger charge is 2.75. The Kier molecular flexibility index (Phi) is 11.5. The second kappa shape index (κ2) is 16.8. The van der Waals surface area contributed by atoms with Gasteiger partial charge in [0.05, 0.1) is 17.1 Å². The number of aryl methyl sites for hydroxylation is 1. The van der Waals surface area contributed by atoms with Crippen LogP contribution in [0.3, 0.4) is 0 Å². The van der Waals surface area contributed by atoms with Crippen LogP contribution in [-0.2, 0) is 36.4 Å². The molecule has 5 fully saturated rings. The van der Waals surface area contributed by atoms with Gasteiger partial charge in [-0.15, -0.1) is 0 Å². The lowest BCUT2D eigenvalue weighted by Gasteiger charge is -2.53. The third-order valence-corrected chi connectivity index (χ3v) is 17.4. The molecular weight excluding hydrogens is 899 g/mol. The van der Waals surface area contributed by atoms with Crippen LogP contribution in [0.4, 0.5) is 10.1 Å². The van der Waals surface area contributed by atoms with Gasteiger partial charge in [-0.05, 0) is 136 Å². The zero-order valence-electron chi connectivity index (χ0n) is 38.3. The molecule has 2 aromatic heterocycles. The van der Waals surface area contributed by atoms with Crippen LogP contribution in [0.15, 0.2) is 53.5 Å². The van der Waals surface area contributed by atoms with Crippen molar-refractivity contribution in [2.24, 2.45) is 18.4 Å². The third kappa shape index (κ3) is 7.23. The molecular formula is C50H57Cl2FN8O6. The van der Waals surface area contributed by atoms with Crippen LogP contribution in [0.5, 0.6) is 0 Å². The number of anilines is 1. The number of benzene rings is 2. The summed E-state index contributed by atoms with van der Waals surface area (Å²) in [7, 11) is 3.60. The molecule has 2 spiro atoms. The van der Waals surface area contributed by atoms with Crippen LogP contribution in [0, 0.1) is 17.2 Å². The van der Waals surface area contributed by atoms with Crippen molar-refractivity contribution in [1.82, 2.24) is 34.6 Å². The standard InChI is InChI=1S/C50H57Cl2FN8O6/c1-48(2)18-20-49(21-19-48)50(33-11-8-30(51)26-34(33)56-46(50)66)39(32-15-22-54-42(52)40(32)53)41(59(49)4)44(64)55-31-9-5-28(6-10-31)45(65)60-23-16-27(17-24-60)29-7-12-35-37(25-29)58(3)47(67)61(35)36-13-14-38(62)57-43(36)63/h7-8,11-12,15,22,25-28,31,36,39,41H,5-6,9-10,13-14,16-21,23-24H2,1-4H3,(H,55,64)(H,56,66)(H,57,62,63)/t28?,31?,36?,39-,41+,50+/m0/s1. The van der Waals surface area contributed by atoms with Gasteiger partial charge in [0.15, 0.2) is 11.0 Å². The van der Waals surface area contributed by atoms with E-state index in [0.717, 1.165) is 36.8 Å². The van der Waals surface area contributed by atoms with Gasteiger partial charge in [-0.1, -0.05) is 49.2 Å². The number of imide groups is 1. The van der Waals surface area contributed by atoms with Crippen LogP contribution in [0.25, 0.3) is 11.0 Å². The van der Waals surface area contributed by atoms with Gasteiger partial charge in [0.1, 0.15) is 11.5 Å². The van der Waals surface area contributed by atoms with E-state index in [9.17, 15) is 24.0 Å². The van der Waals surface area contributed by atoms with Crippen molar-refractivity contribution in [3.8, 4) is 0 Å². The zero-order chi connectivity index (χ0) is 47.3. The number of aromatic nitrogens is 3. The van der Waals surface area contributed by atoms with Crippen molar-refractivity contribution in [2.45, 2.75) is 132 Å². The van der Waals surface area contributed by atoms with E-state index in [1.54, 1.807) is 29.8 Å². The predicted molar refractivity (Wildman–Crippen MR) is 251 cm³/mol. The lowest BCUT2D eigenvalue weighted by atomic mass is 9.53. The summed E-state index contributed by atoms with van der Waals surface area (Å²) in [4.78, 5) is 90.0. The molecule has 3 N–H and O–H groups in total. The number of halogens is 3. The first-order chi connectivity index (χ1) is 32.0. The van der Waals surface area contributed by atoms with E-state index in [0.29, 0.717) is 73.4 Å². The predicted octanol–water partition coefficient (Wildman–Crippen LogP) is 6.87. The minimum Gasteiger partial charge on any atom is -0.352 e. The molecule has 2 aromatic carbocycles. The highest BCUT2D eigenvalue weighted by molar-refractivity contribution is 6.31. The fourth-order valence-corrected chi connectivity index (χ4v) is 13.5. The number of hydrogen-bond donors (Lipinski definition) is 3. The van der Waals surface area contributed by atoms with Gasteiger partial charge in [0.2, 0.25) is 29.5 Å². The fourth-order valence-electron chi connectivity index (χ4n) is 13.2. The number of likely N-dealkylation sites (tertiary alicyclic amines) is 2. The number of imidazole rings is 1. The number of carbonyl (C=O) groups is 5. The molecule has 67 heavy (non-hydrogen) atoms. The van der Waals surface area contributed by atoms with Crippen LogP contribution in [-0.4, -0.2) is 91.2 Å². The smallest absolute Gasteiger partial charge is 0.329 e. The number of nitrogens with zero attached hydrogens (tertiary/aromatic N) is 5. The molecule has 2 aliphatic carbocycles. The lowest BCUT2D eigenvalue weighted by Crippen LogP contribution is -2.62. The number of pyridine rings is 1. The quantitative estimate of drug-likeness (QED) is 0.139. The maximum Gasteiger partial charge on any atom is 0.329 e. The minimum atomic E-state index is -1.36. The molecule has 17 heteroatoms. The van der Waals surface area contributed by atoms with Gasteiger partial charge in [-0.3, -0.25) is 43.3 Å². The Morgan fingerprint density at radius 1 is 0.851 bits per heavy atom. The van der Waals surface area contributed by atoms with Gasteiger partial charge in [-0.2, -0.15) is 0 Å². The molecule has 2 saturated carbocycles. The number of carbonyl (C=O) groups excluding carboxylic acids is 5. The second-order valence-corrected chi connectivity index (χ2v) is 21.6. The van der Waals surface area contributed by atoms with Crippen molar-refractivity contribution in [2.75, 3.05) is 25.5 Å². The Bertz CT molecular complexity index is 2780. The molecule has 14 nitrogen and oxygen atoms in total. The number of amides is 5. The Balaban J connectivity index is 0.837. The highest BCUT2D eigenvalue weighted by atomic mass is 35.5. The topological polar surface area (TPSA) is 168 Å². The van der Waals surface area contributed by atoms with Gasteiger partial charge in [0, 0.05) is 66.9 Å². The van der Waals surface area contributed by atoms with Gasteiger partial charge < -0.3 is 15.5 Å². The van der Waals surface area contributed by atoms with Crippen molar-refractivity contribution in [3.63, 3.8) is 0 Å². The van der Waals surface area contributed by atoms with Crippen molar-refractivity contribution >= 4 is 69.5 Å². The van der Waals surface area contributed by atoms with E-state index < -0.39 is 40.7 Å². The fraction of sp³-hybridized carbons (Fsp3) is 0.540. The van der Waals surface area contributed by atoms with Gasteiger partial charge in [-0.25, -0.2) is 14.2 Å². The Morgan fingerprint density at radius 2 is 1.57 bits per heavy atom. The molecule has 3 saturated heterocycles. The first-order valence-electron chi connectivity index (χ1n) is 23.7. The molecule has 4 aromatic rings. The molecule has 354 valence electrons. The maximum absolute atomic E-state index is 16.5. The average molecular weight is 956 g/mol. The van der Waals surface area contributed by atoms with Crippen LogP contribution in [0.2, 0.25) is 10.2 Å². The molecule has 1 unspecified atom stereocenters. The van der Waals surface area contributed by atoms with E-state index in [1.165, 1.54) is 10.8 Å². The van der Waals surface area contributed by atoms with E-state index in [4.69, 9.17) is 23.2 Å². The Morgan fingerprint density at radius 3 is 2.27 bits per heavy atom. The molecule has 4 aliphatic heterocycles. The number of fused-ring (bicyclic) bond motifs is 4. The normalized spacial score (nSPS) is 28.5. The number of rotatable bonds is 6. The van der Waals surface area contributed by atoms with Crippen molar-refractivity contribution < 1.29 is 28.4 Å². The molecule has 10 rings (SSSR count). The monoisotopic (exact) mass is 954 g/mol. The van der Waals surface area contributed by atoms with Crippen molar-refractivity contribution in [1.29, 1.82) is 0 Å². The first-order valence-corrected chi connectivity index (χ1v) is 24.5. The second-order valence-electron chi connectivity index (χ2n) is 20.8. The number of likely N-dealkylation sites (N-methyl/N-ethyl adjacent to an activating group) is 1. The first kappa shape index (κ1) is 45.7. The van der Waals surface area contributed by atoms with Crippen LogP contribution >= 0.6 is 23.2 Å². The van der Waals surface area contributed by atoms with E-state index in [2.05, 4.69) is 39.7 Å². The Hall–Kier alpha value is -5.12. The van der Waals surface area contributed by atoms with Crippen LogP contribution in [0.1, 0.15) is 125 Å². The number of hydrogen-bond acceptors (Lipinski definition) is 8. The van der Waals surface area contributed by atoms with Crippen LogP contribution < -0.4 is 21.6 Å². The third-order valence-electron chi connectivity index (χ3n) is 16.9. The van der Waals surface area contributed by atoms with E-state index in [-0.39, 0.29) is 76.2 Å². The molecule has 6 heterocycles. The summed E-state index contributed by atoms with van der Waals surface area (Å²) in [5, 5.41) is 8.94. The average Bonchev–Trinajstić information content (AvgIpc) is 3.82. The molecule has 0 radical (unpaired) electrons. The van der Waals surface area contributed by atoms with E-state index in [1.807, 2.05) is 36.2 Å². The van der Waals surface area contributed by atoms with Gasteiger partial charge in [0.25, 0.3) is 0 Å². The molecule has 5 amide bonds. The molecule has 0 bridgehead atoms. The summed E-state index contributed by atoms with van der Waals surface area (Å²) >= 11 is 12.9. The SMILES string of the molecule is CN1[C@@H](C(=O)NC2CCC(C(=O)N3CCC(c4ccc5c(c4)n(C)c(=O)n5C4CCC(=O)NC4=O)CC3)CC2)[C@H](c2ccnc(Cl)c2F)[C@]2(C(=O)Nc3cc(Cl)ccc32)C12CCC(C)(C)CC2. The van der Waals surface area contributed by atoms with E-state index >= 15 is 9.18 Å². The lowest BCUT2D eigenvalue weighted by molar-refractivity contribution is -0.138. The summed E-state index contributed by atoms with van der Waals surface area (Å²) in [6.07, 6.45) is 8.62. The van der Waals surface area contributed by atoms with Crippen molar-refractivity contribution in [3.05, 3.63) is 91.8 Å². The summed E-state index contributed by atoms with van der Waals surface area (Å²) in [6, 6.07) is 10.9. The minimum absolute atomic E-state index is 0.00543. The molecule has 4 atom stereocenters. The summed E-state index contributed by atoms with van der Waals surface area (Å²) < 4.78 is 19.6. The summed E-state index contributed by atoms with van der Waals surface area (Å²) in [5.41, 5.74) is 1.33. The zero-order valence-corrected chi connectivity index (χ0v) is 39.8. The number of nitrogens with one attached hydrogen (secondary N) is 3. The number of piperidine rings is 2. The summed E-state index contributed by atoms with van der Waals surface area (Å²) in [5.74, 6) is -2.97. The maximum atomic E-state index is 16.5. The largest absolute Gasteiger partial charge is 0.352 e. The highest BCUT2D eigenvalue weighted by Crippen LogP contribution is 2.67. The summed E-state index contributed by atoms with van der Waals surface area (Å²) in [6.45, 7) is 5.64.